The summed E-state index contributed by atoms with van der Waals surface area (Å²) in [7, 11) is 0. The fourth-order valence-corrected chi connectivity index (χ4v) is 3.86. The molecule has 0 aliphatic carbocycles. The molecule has 1 unspecified atom stereocenters. The highest BCUT2D eigenvalue weighted by atomic mass is 35.5. The van der Waals surface area contributed by atoms with Gasteiger partial charge in [0.1, 0.15) is 6.04 Å². The molecule has 1 N–H and O–H groups in total. The van der Waals surface area contributed by atoms with E-state index in [1.807, 2.05) is 38.3 Å². The maximum absolute atomic E-state index is 12.8. The van der Waals surface area contributed by atoms with Crippen LogP contribution in [0.1, 0.15) is 27.9 Å². The Labute approximate surface area is 162 Å². The van der Waals surface area contributed by atoms with E-state index in [-0.39, 0.29) is 11.8 Å². The highest BCUT2D eigenvalue weighted by molar-refractivity contribution is 7.98. The van der Waals surface area contributed by atoms with Crippen LogP contribution < -0.4 is 10.2 Å². The molecule has 3 rings (SSSR count). The number of amides is 2. The van der Waals surface area contributed by atoms with Crippen LogP contribution in [0.5, 0.6) is 0 Å². The van der Waals surface area contributed by atoms with E-state index in [0.29, 0.717) is 23.6 Å². The molecule has 6 heteroatoms. The first-order valence-electron chi connectivity index (χ1n) is 8.43. The first kappa shape index (κ1) is 18.8. The van der Waals surface area contributed by atoms with Gasteiger partial charge >= 0.3 is 0 Å². The molecule has 2 amide bonds. The van der Waals surface area contributed by atoms with Crippen LogP contribution in [0.4, 0.5) is 5.69 Å². The van der Waals surface area contributed by atoms with Gasteiger partial charge in [-0.2, -0.15) is 0 Å². The van der Waals surface area contributed by atoms with Gasteiger partial charge in [0.05, 0.1) is 10.6 Å². The minimum atomic E-state index is -0.530. The van der Waals surface area contributed by atoms with Crippen LogP contribution in [0.25, 0.3) is 0 Å². The number of hydrogen-bond donors (Lipinski definition) is 1. The van der Waals surface area contributed by atoms with Crippen LogP contribution in [0.3, 0.4) is 0 Å². The number of nitrogens with one attached hydrogen (secondary N) is 1. The fraction of sp³-hybridized carbons (Fsp3) is 0.300. The zero-order valence-corrected chi connectivity index (χ0v) is 16.6. The molecule has 1 saturated heterocycles. The van der Waals surface area contributed by atoms with Gasteiger partial charge in [-0.25, -0.2) is 0 Å². The van der Waals surface area contributed by atoms with Gasteiger partial charge in [-0.15, -0.1) is 11.8 Å². The predicted octanol–water partition coefficient (Wildman–Crippen LogP) is 4.21. The molecule has 1 aliphatic rings. The Morgan fingerprint density at radius 2 is 1.88 bits per heavy atom. The van der Waals surface area contributed by atoms with Crippen molar-refractivity contribution in [2.75, 3.05) is 17.7 Å². The second-order valence-electron chi connectivity index (χ2n) is 6.50. The number of anilines is 1. The zero-order chi connectivity index (χ0) is 18.8. The van der Waals surface area contributed by atoms with E-state index < -0.39 is 6.04 Å². The Morgan fingerprint density at radius 3 is 2.54 bits per heavy atom. The third kappa shape index (κ3) is 3.89. The third-order valence-electron chi connectivity index (χ3n) is 4.45. The highest BCUT2D eigenvalue weighted by Gasteiger charge is 2.34. The van der Waals surface area contributed by atoms with Crippen LogP contribution in [-0.2, 0) is 4.79 Å². The molecule has 2 aromatic carbocycles. The maximum Gasteiger partial charge on any atom is 0.253 e. The van der Waals surface area contributed by atoms with E-state index in [1.165, 1.54) is 11.8 Å². The van der Waals surface area contributed by atoms with Crippen molar-refractivity contribution < 1.29 is 9.59 Å². The first-order valence-corrected chi connectivity index (χ1v) is 10.0. The van der Waals surface area contributed by atoms with E-state index in [1.54, 1.807) is 17.0 Å². The quantitative estimate of drug-likeness (QED) is 0.798. The number of hydrogen-bond acceptors (Lipinski definition) is 3. The maximum atomic E-state index is 12.8. The largest absolute Gasteiger partial charge is 0.340 e. The molecule has 1 fully saturated rings. The molecule has 0 saturated carbocycles. The number of halogens is 1. The Balaban J connectivity index is 1.75. The summed E-state index contributed by atoms with van der Waals surface area (Å²) in [5.74, 6) is -0.396. The SMILES string of the molecule is CSc1ccc(Cl)c(C(=O)NC2CCN(c3cc(C)cc(C)c3)C2=O)c1. The normalized spacial score (nSPS) is 16.8. The second-order valence-corrected chi connectivity index (χ2v) is 7.78. The standard InChI is InChI=1S/C20H21ClN2O2S/c1-12-8-13(2)10-14(9-12)23-7-6-18(20(23)25)22-19(24)16-11-15(26-3)4-5-17(16)21/h4-5,8-11,18H,6-7H2,1-3H3,(H,22,24). The lowest BCUT2D eigenvalue weighted by Crippen LogP contribution is -2.41. The Bertz CT molecular complexity index is 849. The zero-order valence-electron chi connectivity index (χ0n) is 15.0. The van der Waals surface area contributed by atoms with Gasteiger partial charge in [0.15, 0.2) is 0 Å². The number of thioether (sulfide) groups is 1. The average Bonchev–Trinajstić information content (AvgIpc) is 2.95. The molecule has 0 bridgehead atoms. The topological polar surface area (TPSA) is 49.4 Å². The summed E-state index contributed by atoms with van der Waals surface area (Å²) < 4.78 is 0. The Morgan fingerprint density at radius 1 is 1.19 bits per heavy atom. The summed E-state index contributed by atoms with van der Waals surface area (Å²) in [6.45, 7) is 4.61. The number of carbonyl (C=O) groups is 2. The molecule has 1 aliphatic heterocycles. The molecule has 2 aromatic rings. The molecule has 136 valence electrons. The van der Waals surface area contributed by atoms with E-state index in [9.17, 15) is 9.59 Å². The van der Waals surface area contributed by atoms with E-state index in [4.69, 9.17) is 11.6 Å². The number of carbonyl (C=O) groups excluding carboxylic acids is 2. The fourth-order valence-electron chi connectivity index (χ4n) is 3.22. The minimum Gasteiger partial charge on any atom is -0.340 e. The molecule has 4 nitrogen and oxygen atoms in total. The van der Waals surface area contributed by atoms with Crippen LogP contribution in [0.2, 0.25) is 5.02 Å². The molecule has 0 aromatic heterocycles. The number of benzene rings is 2. The molecule has 1 heterocycles. The highest BCUT2D eigenvalue weighted by Crippen LogP contribution is 2.26. The van der Waals surface area contributed by atoms with Crippen molar-refractivity contribution in [3.8, 4) is 0 Å². The monoisotopic (exact) mass is 388 g/mol. The van der Waals surface area contributed by atoms with Gasteiger partial charge < -0.3 is 10.2 Å². The van der Waals surface area contributed by atoms with Crippen molar-refractivity contribution >= 4 is 40.9 Å². The second kappa shape index (κ2) is 7.72. The van der Waals surface area contributed by atoms with Crippen LogP contribution in [0, 0.1) is 13.8 Å². The minimum absolute atomic E-state index is 0.0829. The van der Waals surface area contributed by atoms with E-state index in [2.05, 4.69) is 11.4 Å². The summed E-state index contributed by atoms with van der Waals surface area (Å²) in [5, 5.41) is 3.23. The predicted molar refractivity (Wildman–Crippen MR) is 107 cm³/mol. The summed E-state index contributed by atoms with van der Waals surface area (Å²) in [6.07, 6.45) is 2.52. The average molecular weight is 389 g/mol. The third-order valence-corrected chi connectivity index (χ3v) is 5.50. The molecular formula is C20H21ClN2O2S. The van der Waals surface area contributed by atoms with Gasteiger partial charge in [-0.05, 0) is 68.0 Å². The van der Waals surface area contributed by atoms with Gasteiger partial charge in [-0.1, -0.05) is 17.7 Å². The number of rotatable bonds is 4. The summed E-state index contributed by atoms with van der Waals surface area (Å²) >= 11 is 7.70. The first-order chi connectivity index (χ1) is 12.4. The van der Waals surface area contributed by atoms with Crippen molar-refractivity contribution in [1.82, 2.24) is 5.32 Å². The van der Waals surface area contributed by atoms with Crippen molar-refractivity contribution in [1.29, 1.82) is 0 Å². The summed E-state index contributed by atoms with van der Waals surface area (Å²) in [5.41, 5.74) is 3.50. The lowest BCUT2D eigenvalue weighted by Gasteiger charge is -2.19. The Hall–Kier alpha value is -1.98. The molecule has 26 heavy (non-hydrogen) atoms. The van der Waals surface area contributed by atoms with Gasteiger partial charge in [0, 0.05) is 17.1 Å². The van der Waals surface area contributed by atoms with Crippen molar-refractivity contribution in [2.24, 2.45) is 0 Å². The number of aryl methyl sites for hydroxylation is 2. The summed E-state index contributed by atoms with van der Waals surface area (Å²) in [4.78, 5) is 28.1. The summed E-state index contributed by atoms with van der Waals surface area (Å²) in [6, 6.07) is 10.9. The number of nitrogens with zero attached hydrogens (tertiary/aromatic N) is 1. The van der Waals surface area contributed by atoms with Crippen LogP contribution >= 0.6 is 23.4 Å². The van der Waals surface area contributed by atoms with Crippen LogP contribution in [-0.4, -0.2) is 30.7 Å². The lowest BCUT2D eigenvalue weighted by molar-refractivity contribution is -0.118. The van der Waals surface area contributed by atoms with Gasteiger partial charge in [-0.3, -0.25) is 9.59 Å². The van der Waals surface area contributed by atoms with Gasteiger partial charge in [0.2, 0.25) is 5.91 Å². The van der Waals surface area contributed by atoms with Crippen molar-refractivity contribution in [3.63, 3.8) is 0 Å². The van der Waals surface area contributed by atoms with E-state index in [0.717, 1.165) is 21.7 Å². The molecule has 0 spiro atoms. The van der Waals surface area contributed by atoms with Gasteiger partial charge in [0.25, 0.3) is 5.91 Å². The smallest absolute Gasteiger partial charge is 0.253 e. The van der Waals surface area contributed by atoms with Crippen molar-refractivity contribution in [2.45, 2.75) is 31.2 Å². The van der Waals surface area contributed by atoms with E-state index >= 15 is 0 Å². The lowest BCUT2D eigenvalue weighted by atomic mass is 10.1. The van der Waals surface area contributed by atoms with Crippen molar-refractivity contribution in [3.05, 3.63) is 58.1 Å². The molecule has 0 radical (unpaired) electrons. The molecular weight excluding hydrogens is 368 g/mol. The Kier molecular flexibility index (Phi) is 5.58. The van der Waals surface area contributed by atoms with Crippen LogP contribution in [0.15, 0.2) is 41.3 Å². The molecule has 1 atom stereocenters.